The second kappa shape index (κ2) is 9.34. The first-order valence-electron chi connectivity index (χ1n) is 14.0. The molecule has 182 valence electrons. The minimum absolute atomic E-state index is 0.00905. The Morgan fingerprint density at radius 3 is 2.70 bits per heavy atom. The maximum atomic E-state index is 13.2. The van der Waals surface area contributed by atoms with Gasteiger partial charge in [0.1, 0.15) is 6.10 Å². The van der Waals surface area contributed by atoms with Crippen molar-refractivity contribution in [3.8, 4) is 0 Å². The zero-order chi connectivity index (χ0) is 23.2. The van der Waals surface area contributed by atoms with Crippen LogP contribution in [-0.4, -0.2) is 17.9 Å². The summed E-state index contributed by atoms with van der Waals surface area (Å²) >= 11 is 0. The maximum absolute atomic E-state index is 13.2. The fourth-order valence-corrected chi connectivity index (χ4v) is 8.45. The number of allylic oxidation sites excluding steroid dienone is 2. The van der Waals surface area contributed by atoms with Crippen molar-refractivity contribution in [3.63, 3.8) is 0 Å². The van der Waals surface area contributed by atoms with Crippen molar-refractivity contribution in [2.75, 3.05) is 0 Å². The van der Waals surface area contributed by atoms with E-state index in [0.717, 1.165) is 50.9 Å². The SMILES string of the molecule is CCCCC1CCC(C(=O)O[C@H]2CC=C3[C@H]4[C@H](CC[C@@]32C)[C@H]2CCC(=O)C=C2C[C@H]4C)CC1. The molecule has 0 saturated heterocycles. The number of rotatable bonds is 5. The van der Waals surface area contributed by atoms with E-state index in [1.807, 2.05) is 6.08 Å². The summed E-state index contributed by atoms with van der Waals surface area (Å²) in [4.78, 5) is 25.2. The lowest BCUT2D eigenvalue weighted by Crippen LogP contribution is -2.48. The van der Waals surface area contributed by atoms with Crippen LogP contribution < -0.4 is 0 Å². The molecular weight excluding hydrogens is 408 g/mol. The van der Waals surface area contributed by atoms with Crippen molar-refractivity contribution in [2.24, 2.45) is 40.9 Å². The van der Waals surface area contributed by atoms with Gasteiger partial charge in [-0.1, -0.05) is 57.3 Å². The van der Waals surface area contributed by atoms with Crippen LogP contribution >= 0.6 is 0 Å². The molecule has 3 fully saturated rings. The fraction of sp³-hybridized carbons (Fsp3) is 0.800. The van der Waals surface area contributed by atoms with Crippen LogP contribution in [-0.2, 0) is 14.3 Å². The third-order valence-electron chi connectivity index (χ3n) is 10.4. The summed E-state index contributed by atoms with van der Waals surface area (Å²) in [5, 5.41) is 0. The Bertz CT molecular complexity index is 829. The van der Waals surface area contributed by atoms with Gasteiger partial charge in [0.05, 0.1) is 5.92 Å². The Hall–Kier alpha value is -1.38. The molecule has 3 heteroatoms. The number of hydrogen-bond donors (Lipinski definition) is 0. The van der Waals surface area contributed by atoms with E-state index in [9.17, 15) is 9.59 Å². The second-order valence-corrected chi connectivity index (χ2v) is 12.3. The number of hydrogen-bond acceptors (Lipinski definition) is 3. The lowest BCUT2D eigenvalue weighted by atomic mass is 9.51. The molecule has 0 N–H and O–H groups in total. The normalized spacial score (nSPS) is 42.5. The first kappa shape index (κ1) is 23.4. The lowest BCUT2D eigenvalue weighted by Gasteiger charge is -2.53. The van der Waals surface area contributed by atoms with Crippen molar-refractivity contribution >= 4 is 11.8 Å². The highest BCUT2D eigenvalue weighted by Crippen LogP contribution is 2.61. The molecule has 0 aliphatic heterocycles. The molecule has 6 atom stereocenters. The molecule has 5 aliphatic carbocycles. The van der Waals surface area contributed by atoms with Gasteiger partial charge in [0.2, 0.25) is 0 Å². The van der Waals surface area contributed by atoms with E-state index in [1.165, 1.54) is 44.1 Å². The van der Waals surface area contributed by atoms with Gasteiger partial charge in [-0.25, -0.2) is 0 Å². The van der Waals surface area contributed by atoms with Crippen LogP contribution in [0.15, 0.2) is 23.3 Å². The van der Waals surface area contributed by atoms with Gasteiger partial charge in [0.25, 0.3) is 0 Å². The van der Waals surface area contributed by atoms with E-state index in [-0.39, 0.29) is 23.4 Å². The minimum Gasteiger partial charge on any atom is -0.461 e. The van der Waals surface area contributed by atoms with Gasteiger partial charge in [0, 0.05) is 18.3 Å². The third kappa shape index (κ3) is 4.27. The van der Waals surface area contributed by atoms with Crippen LogP contribution in [0.5, 0.6) is 0 Å². The predicted octanol–water partition coefficient (Wildman–Crippen LogP) is 7.20. The van der Waals surface area contributed by atoms with E-state index in [4.69, 9.17) is 4.74 Å². The quantitative estimate of drug-likeness (QED) is 0.327. The van der Waals surface area contributed by atoms with Crippen LogP contribution in [0.1, 0.15) is 104 Å². The van der Waals surface area contributed by atoms with E-state index < -0.39 is 0 Å². The van der Waals surface area contributed by atoms with Crippen LogP contribution in [0.2, 0.25) is 0 Å². The van der Waals surface area contributed by atoms with Crippen LogP contribution in [0.4, 0.5) is 0 Å². The molecule has 5 rings (SSSR count). The third-order valence-corrected chi connectivity index (χ3v) is 10.4. The average molecular weight is 453 g/mol. The Labute approximate surface area is 200 Å². The minimum atomic E-state index is 0.00905. The highest BCUT2D eigenvalue weighted by atomic mass is 16.5. The molecule has 3 nitrogen and oxygen atoms in total. The van der Waals surface area contributed by atoms with Crippen molar-refractivity contribution in [1.29, 1.82) is 0 Å². The molecule has 0 aromatic rings. The number of esters is 1. The van der Waals surface area contributed by atoms with Crippen LogP contribution in [0, 0.1) is 40.9 Å². The largest absolute Gasteiger partial charge is 0.461 e. The fourth-order valence-electron chi connectivity index (χ4n) is 8.45. The van der Waals surface area contributed by atoms with Crippen molar-refractivity contribution < 1.29 is 14.3 Å². The molecular formula is C30H44O3. The molecule has 0 aromatic carbocycles. The average Bonchev–Trinajstić information content (AvgIpc) is 3.13. The number of unbranched alkanes of at least 4 members (excludes halogenated alkanes) is 1. The van der Waals surface area contributed by atoms with Gasteiger partial charge in [0.15, 0.2) is 5.78 Å². The van der Waals surface area contributed by atoms with Crippen molar-refractivity contribution in [1.82, 2.24) is 0 Å². The van der Waals surface area contributed by atoms with Crippen LogP contribution in [0.3, 0.4) is 0 Å². The van der Waals surface area contributed by atoms with Gasteiger partial charge >= 0.3 is 5.97 Å². The number of ether oxygens (including phenoxy) is 1. The molecule has 3 saturated carbocycles. The predicted molar refractivity (Wildman–Crippen MR) is 131 cm³/mol. The smallest absolute Gasteiger partial charge is 0.309 e. The highest BCUT2D eigenvalue weighted by molar-refractivity contribution is 5.91. The first-order valence-corrected chi connectivity index (χ1v) is 14.0. The molecule has 0 unspecified atom stereocenters. The maximum Gasteiger partial charge on any atom is 0.309 e. The summed E-state index contributed by atoms with van der Waals surface area (Å²) in [6, 6.07) is 0. The number of fused-ring (bicyclic) bond motifs is 5. The Morgan fingerprint density at radius 1 is 1.15 bits per heavy atom. The topological polar surface area (TPSA) is 43.4 Å². The Morgan fingerprint density at radius 2 is 1.94 bits per heavy atom. The summed E-state index contributed by atoms with van der Waals surface area (Å²) in [5.41, 5.74) is 3.03. The van der Waals surface area contributed by atoms with E-state index >= 15 is 0 Å². The van der Waals surface area contributed by atoms with Gasteiger partial charge in [-0.2, -0.15) is 0 Å². The molecule has 0 spiro atoms. The summed E-state index contributed by atoms with van der Waals surface area (Å²) < 4.78 is 6.33. The first-order chi connectivity index (χ1) is 15.9. The van der Waals surface area contributed by atoms with Gasteiger partial charge in [-0.15, -0.1) is 0 Å². The number of carbonyl (C=O) groups excluding carboxylic acids is 2. The summed E-state index contributed by atoms with van der Waals surface area (Å²) in [6.07, 6.45) is 18.9. The molecule has 0 amide bonds. The molecule has 33 heavy (non-hydrogen) atoms. The van der Waals surface area contributed by atoms with E-state index in [2.05, 4.69) is 26.8 Å². The number of ketones is 1. The van der Waals surface area contributed by atoms with Crippen molar-refractivity contribution in [3.05, 3.63) is 23.3 Å². The zero-order valence-electron chi connectivity index (χ0n) is 21.1. The summed E-state index contributed by atoms with van der Waals surface area (Å²) in [5.74, 6) is 3.79. The van der Waals surface area contributed by atoms with E-state index in [1.54, 1.807) is 5.57 Å². The van der Waals surface area contributed by atoms with Gasteiger partial charge in [-0.3, -0.25) is 9.59 Å². The molecule has 0 aromatic heterocycles. The van der Waals surface area contributed by atoms with Crippen molar-refractivity contribution in [2.45, 2.75) is 110 Å². The molecule has 0 heterocycles. The Kier molecular flexibility index (Phi) is 6.62. The second-order valence-electron chi connectivity index (χ2n) is 12.3. The van der Waals surface area contributed by atoms with Gasteiger partial charge in [-0.05, 0) is 87.0 Å². The Balaban J connectivity index is 1.23. The zero-order valence-corrected chi connectivity index (χ0v) is 21.1. The van der Waals surface area contributed by atoms with Crippen LogP contribution in [0.25, 0.3) is 0 Å². The standard InChI is InChI=1S/C30H44O3/c1-4-5-6-20-7-9-21(10-8-20)29(32)33-27-14-13-26-28-19(2)17-22-18-23(31)11-12-24(22)25(28)15-16-30(26,27)3/h13,18-21,24-25,27-28H,4-12,14-17H2,1-3H3/t19-,20?,21?,24+,25-,27+,28-,30+/m1/s1. The number of carbonyl (C=O) groups is 2. The molecule has 5 aliphatic rings. The monoisotopic (exact) mass is 452 g/mol. The molecule has 0 bridgehead atoms. The van der Waals surface area contributed by atoms with Gasteiger partial charge < -0.3 is 4.74 Å². The lowest BCUT2D eigenvalue weighted by molar-refractivity contribution is -0.161. The highest BCUT2D eigenvalue weighted by Gasteiger charge is 2.55. The summed E-state index contributed by atoms with van der Waals surface area (Å²) in [7, 11) is 0. The van der Waals surface area contributed by atoms with E-state index in [0.29, 0.717) is 29.5 Å². The summed E-state index contributed by atoms with van der Waals surface area (Å²) in [6.45, 7) is 7.03. The molecule has 0 radical (unpaired) electrons.